The molecule has 26 heavy (non-hydrogen) atoms. The highest BCUT2D eigenvalue weighted by atomic mass is 32.2. The maximum Gasteiger partial charge on any atom is 0.191 e. The Morgan fingerprint density at radius 3 is 2.58 bits per heavy atom. The van der Waals surface area contributed by atoms with E-state index in [-0.39, 0.29) is 12.3 Å². The van der Waals surface area contributed by atoms with Gasteiger partial charge in [0.2, 0.25) is 0 Å². The monoisotopic (exact) mass is 380 g/mol. The van der Waals surface area contributed by atoms with Gasteiger partial charge in [-0.1, -0.05) is 18.2 Å². The minimum Gasteiger partial charge on any atom is -0.369 e. The molecule has 0 saturated carbocycles. The largest absolute Gasteiger partial charge is 0.369 e. The van der Waals surface area contributed by atoms with Crippen LogP contribution in [0.25, 0.3) is 0 Å². The molecule has 1 unspecified atom stereocenters. The fourth-order valence-corrected chi connectivity index (χ4v) is 3.79. The normalized spacial score (nSPS) is 18.8. The van der Waals surface area contributed by atoms with Crippen LogP contribution < -0.4 is 15.5 Å². The van der Waals surface area contributed by atoms with Gasteiger partial charge in [-0.2, -0.15) is 0 Å². The van der Waals surface area contributed by atoms with E-state index in [1.807, 2.05) is 13.0 Å². The van der Waals surface area contributed by atoms with Gasteiger partial charge in [0, 0.05) is 31.4 Å². The van der Waals surface area contributed by atoms with Crippen LogP contribution in [0.3, 0.4) is 0 Å². The molecule has 1 fully saturated rings. The summed E-state index contributed by atoms with van der Waals surface area (Å²) in [6, 6.07) is 10.7. The smallest absolute Gasteiger partial charge is 0.191 e. The zero-order valence-electron chi connectivity index (χ0n) is 16.3. The predicted molar refractivity (Wildman–Crippen MR) is 110 cm³/mol. The minimum absolute atomic E-state index is 0.0634. The molecule has 146 valence electrons. The summed E-state index contributed by atoms with van der Waals surface area (Å²) < 4.78 is 23.7. The van der Waals surface area contributed by atoms with Crippen LogP contribution >= 0.6 is 0 Å². The summed E-state index contributed by atoms with van der Waals surface area (Å²) in [4.78, 5) is 6.82. The lowest BCUT2D eigenvalue weighted by atomic mass is 10.3. The van der Waals surface area contributed by atoms with Crippen LogP contribution in [0.4, 0.5) is 5.69 Å². The van der Waals surface area contributed by atoms with Crippen molar-refractivity contribution in [1.82, 2.24) is 10.6 Å². The van der Waals surface area contributed by atoms with Crippen molar-refractivity contribution in [3.63, 3.8) is 0 Å². The highest BCUT2D eigenvalue weighted by Crippen LogP contribution is 2.19. The second-order valence-corrected chi connectivity index (χ2v) is 10.5. The van der Waals surface area contributed by atoms with Gasteiger partial charge >= 0.3 is 0 Å². The highest BCUT2D eigenvalue weighted by Gasteiger charge is 2.28. The van der Waals surface area contributed by atoms with Crippen molar-refractivity contribution in [2.75, 3.05) is 36.8 Å². The van der Waals surface area contributed by atoms with E-state index in [0.29, 0.717) is 12.0 Å². The molecule has 1 aliphatic heterocycles. The summed E-state index contributed by atoms with van der Waals surface area (Å²) in [5.41, 5.74) is 1.23. The molecule has 1 heterocycles. The van der Waals surface area contributed by atoms with Crippen LogP contribution in [-0.4, -0.2) is 57.1 Å². The lowest BCUT2D eigenvalue weighted by Crippen LogP contribution is -2.45. The van der Waals surface area contributed by atoms with Gasteiger partial charge in [-0.05, 0) is 46.2 Å². The number of hydrogen-bond donors (Lipinski definition) is 2. The second-order valence-electron chi connectivity index (χ2n) is 7.60. The summed E-state index contributed by atoms with van der Waals surface area (Å²) in [6.45, 7) is 10.1. The fourth-order valence-electron chi connectivity index (χ4n) is 2.85. The number of hydrogen-bond acceptors (Lipinski definition) is 4. The van der Waals surface area contributed by atoms with Gasteiger partial charge in [0.1, 0.15) is 0 Å². The number of rotatable bonds is 6. The van der Waals surface area contributed by atoms with E-state index >= 15 is 0 Å². The lowest BCUT2D eigenvalue weighted by Gasteiger charge is -2.21. The maximum atomic E-state index is 12.2. The van der Waals surface area contributed by atoms with Crippen LogP contribution in [0.1, 0.15) is 34.1 Å². The lowest BCUT2D eigenvalue weighted by molar-refractivity contribution is 0.560. The minimum atomic E-state index is -3.15. The van der Waals surface area contributed by atoms with E-state index in [2.05, 4.69) is 44.8 Å². The molecule has 0 amide bonds. The molecule has 2 N–H and O–H groups in total. The standard InChI is InChI=1S/C19H32N4O2S/c1-5-20-18(21-12-14-26(24,25)19(2,3)4)22-16-11-13-23(15-16)17-9-7-6-8-10-17/h6-10,16H,5,11-15H2,1-4H3,(H2,20,21,22). The Bertz CT molecular complexity index is 696. The summed E-state index contributed by atoms with van der Waals surface area (Å²) in [5.74, 6) is 0.755. The molecule has 1 aliphatic rings. The summed E-state index contributed by atoms with van der Waals surface area (Å²) in [5, 5.41) is 6.66. The highest BCUT2D eigenvalue weighted by molar-refractivity contribution is 7.92. The number of aliphatic imine (C=N–C) groups is 1. The van der Waals surface area contributed by atoms with Crippen molar-refractivity contribution < 1.29 is 8.42 Å². The molecular formula is C19H32N4O2S. The Hall–Kier alpha value is -1.76. The third kappa shape index (κ3) is 5.62. The molecule has 1 aromatic carbocycles. The summed E-state index contributed by atoms with van der Waals surface area (Å²) in [7, 11) is -3.15. The Labute approximate surface area is 158 Å². The molecule has 0 aliphatic carbocycles. The number of nitrogens with zero attached hydrogens (tertiary/aromatic N) is 2. The van der Waals surface area contributed by atoms with Crippen LogP contribution in [-0.2, 0) is 9.84 Å². The van der Waals surface area contributed by atoms with Crippen molar-refractivity contribution >= 4 is 21.5 Å². The van der Waals surface area contributed by atoms with Gasteiger partial charge in [0.25, 0.3) is 0 Å². The number of anilines is 1. The van der Waals surface area contributed by atoms with Crippen LogP contribution in [0, 0.1) is 0 Å². The predicted octanol–water partition coefficient (Wildman–Crippen LogP) is 2.03. The number of guanidine groups is 1. The molecule has 0 bridgehead atoms. The van der Waals surface area contributed by atoms with Gasteiger partial charge < -0.3 is 15.5 Å². The number of benzene rings is 1. The zero-order valence-corrected chi connectivity index (χ0v) is 17.1. The van der Waals surface area contributed by atoms with Crippen molar-refractivity contribution in [3.8, 4) is 0 Å². The third-order valence-electron chi connectivity index (χ3n) is 4.56. The topological polar surface area (TPSA) is 73.8 Å². The van der Waals surface area contributed by atoms with Gasteiger partial charge in [0.05, 0.1) is 17.0 Å². The molecule has 0 radical (unpaired) electrons. The zero-order chi connectivity index (χ0) is 19.2. The second kappa shape index (κ2) is 8.75. The number of sulfone groups is 1. The molecular weight excluding hydrogens is 348 g/mol. The molecule has 0 spiro atoms. The summed E-state index contributed by atoms with van der Waals surface area (Å²) in [6.07, 6.45) is 1.03. The third-order valence-corrected chi connectivity index (χ3v) is 7.14. The Balaban J connectivity index is 1.92. The molecule has 1 atom stereocenters. The van der Waals surface area contributed by atoms with E-state index in [0.717, 1.165) is 26.1 Å². The van der Waals surface area contributed by atoms with Crippen LogP contribution in [0.5, 0.6) is 0 Å². The van der Waals surface area contributed by atoms with Gasteiger partial charge in [0.15, 0.2) is 15.8 Å². The van der Waals surface area contributed by atoms with Gasteiger partial charge in [-0.25, -0.2) is 8.42 Å². The molecule has 6 nitrogen and oxygen atoms in total. The summed E-state index contributed by atoms with van der Waals surface area (Å²) >= 11 is 0. The van der Waals surface area contributed by atoms with E-state index < -0.39 is 14.6 Å². The average Bonchev–Trinajstić information content (AvgIpc) is 3.03. The first-order valence-corrected chi connectivity index (χ1v) is 11.0. The van der Waals surface area contributed by atoms with E-state index in [1.165, 1.54) is 5.69 Å². The van der Waals surface area contributed by atoms with Crippen molar-refractivity contribution in [2.24, 2.45) is 4.99 Å². The van der Waals surface area contributed by atoms with E-state index in [9.17, 15) is 8.42 Å². The van der Waals surface area contributed by atoms with E-state index in [4.69, 9.17) is 0 Å². The maximum absolute atomic E-state index is 12.2. The molecule has 0 aromatic heterocycles. The van der Waals surface area contributed by atoms with Crippen LogP contribution in [0.15, 0.2) is 35.3 Å². The molecule has 7 heteroatoms. The van der Waals surface area contributed by atoms with Crippen LogP contribution in [0.2, 0.25) is 0 Å². The SMILES string of the molecule is CCNC(=NCCS(=O)(=O)C(C)(C)C)NC1CCN(c2ccccc2)C1. The quantitative estimate of drug-likeness (QED) is 0.584. The van der Waals surface area contributed by atoms with Crippen molar-refractivity contribution in [2.45, 2.75) is 44.9 Å². The van der Waals surface area contributed by atoms with Crippen molar-refractivity contribution in [3.05, 3.63) is 30.3 Å². The Kier molecular flexibility index (Phi) is 6.92. The van der Waals surface area contributed by atoms with Gasteiger partial charge in [-0.15, -0.1) is 0 Å². The Morgan fingerprint density at radius 1 is 1.27 bits per heavy atom. The number of para-hydroxylation sites is 1. The Morgan fingerprint density at radius 2 is 1.96 bits per heavy atom. The fraction of sp³-hybridized carbons (Fsp3) is 0.632. The van der Waals surface area contributed by atoms with Crippen molar-refractivity contribution in [1.29, 1.82) is 0 Å². The molecule has 1 aromatic rings. The van der Waals surface area contributed by atoms with Gasteiger partial charge in [-0.3, -0.25) is 4.99 Å². The average molecular weight is 381 g/mol. The first kappa shape index (κ1) is 20.6. The van der Waals surface area contributed by atoms with E-state index in [1.54, 1.807) is 20.8 Å². The molecule has 1 saturated heterocycles. The number of nitrogens with one attached hydrogen (secondary N) is 2. The first-order chi connectivity index (χ1) is 12.2. The molecule has 2 rings (SSSR count). The first-order valence-electron chi connectivity index (χ1n) is 9.30.